The second-order valence-electron chi connectivity index (χ2n) is 4.99. The first-order valence-corrected chi connectivity index (χ1v) is 8.22. The Morgan fingerprint density at radius 1 is 1.30 bits per heavy atom. The summed E-state index contributed by atoms with van der Waals surface area (Å²) in [7, 11) is -3.74. The van der Waals surface area contributed by atoms with Gasteiger partial charge in [0.15, 0.2) is 0 Å². The van der Waals surface area contributed by atoms with Gasteiger partial charge in [-0.1, -0.05) is 6.07 Å². The minimum atomic E-state index is -3.74. The molecule has 1 aliphatic rings. The molecular formula is C15H12FN3O3S. The molecule has 23 heavy (non-hydrogen) atoms. The van der Waals surface area contributed by atoms with Crippen molar-refractivity contribution in [1.29, 1.82) is 5.26 Å². The van der Waals surface area contributed by atoms with Crippen LogP contribution in [-0.4, -0.2) is 36.9 Å². The number of ether oxygens (including phenoxy) is 1. The minimum absolute atomic E-state index is 0.0912. The molecule has 1 fully saturated rings. The molecule has 0 saturated carbocycles. The van der Waals surface area contributed by atoms with E-state index in [1.54, 1.807) is 12.1 Å². The van der Waals surface area contributed by atoms with E-state index in [1.807, 2.05) is 6.07 Å². The average Bonchev–Trinajstić information content (AvgIpc) is 2.50. The van der Waals surface area contributed by atoms with Crippen LogP contribution < -0.4 is 4.74 Å². The maximum Gasteiger partial charge on any atom is 0.243 e. The van der Waals surface area contributed by atoms with Crippen LogP contribution in [0.25, 0.3) is 0 Å². The third-order valence-corrected chi connectivity index (χ3v) is 5.25. The largest absolute Gasteiger partial charge is 0.471 e. The summed E-state index contributed by atoms with van der Waals surface area (Å²) in [6.45, 7) is 0.251. The van der Waals surface area contributed by atoms with Crippen molar-refractivity contribution in [1.82, 2.24) is 9.29 Å². The van der Waals surface area contributed by atoms with Crippen molar-refractivity contribution in [3.05, 3.63) is 54.0 Å². The maximum absolute atomic E-state index is 13.2. The molecule has 0 aliphatic carbocycles. The summed E-state index contributed by atoms with van der Waals surface area (Å²) in [6, 6.07) is 10.0. The molecule has 1 aromatic carbocycles. The molecule has 0 amide bonds. The fourth-order valence-electron chi connectivity index (χ4n) is 2.18. The van der Waals surface area contributed by atoms with Gasteiger partial charge in [-0.15, -0.1) is 0 Å². The van der Waals surface area contributed by atoms with Gasteiger partial charge in [0.1, 0.15) is 23.6 Å². The van der Waals surface area contributed by atoms with E-state index in [0.29, 0.717) is 5.56 Å². The first-order chi connectivity index (χ1) is 11.0. The van der Waals surface area contributed by atoms with Crippen molar-refractivity contribution in [2.75, 3.05) is 13.1 Å². The van der Waals surface area contributed by atoms with Crippen LogP contribution in [0.4, 0.5) is 4.39 Å². The summed E-state index contributed by atoms with van der Waals surface area (Å²) < 4.78 is 44.6. The van der Waals surface area contributed by atoms with Gasteiger partial charge in [-0.25, -0.2) is 17.8 Å². The van der Waals surface area contributed by atoms with E-state index in [2.05, 4.69) is 4.98 Å². The van der Waals surface area contributed by atoms with Crippen molar-refractivity contribution < 1.29 is 17.5 Å². The summed E-state index contributed by atoms with van der Waals surface area (Å²) >= 11 is 0. The number of rotatable bonds is 4. The lowest BCUT2D eigenvalue weighted by atomic mass is 10.2. The van der Waals surface area contributed by atoms with E-state index in [9.17, 15) is 12.8 Å². The van der Waals surface area contributed by atoms with Crippen LogP contribution in [0, 0.1) is 17.1 Å². The van der Waals surface area contributed by atoms with Crippen molar-refractivity contribution in [2.24, 2.45) is 0 Å². The Bertz CT molecular complexity index is 874. The van der Waals surface area contributed by atoms with E-state index in [4.69, 9.17) is 10.00 Å². The fourth-order valence-corrected chi connectivity index (χ4v) is 3.71. The highest BCUT2D eigenvalue weighted by Gasteiger charge is 2.38. The number of hydrogen-bond acceptors (Lipinski definition) is 5. The Hall–Kier alpha value is -2.50. The normalized spacial score (nSPS) is 15.7. The molecule has 8 heteroatoms. The summed E-state index contributed by atoms with van der Waals surface area (Å²) in [5, 5.41) is 8.97. The minimum Gasteiger partial charge on any atom is -0.471 e. The number of sulfonamides is 1. The predicted octanol–water partition coefficient (Wildman–Crippen LogP) is 1.54. The maximum atomic E-state index is 13.2. The van der Waals surface area contributed by atoms with E-state index >= 15 is 0 Å². The molecule has 6 nitrogen and oxygen atoms in total. The van der Waals surface area contributed by atoms with E-state index in [1.165, 1.54) is 28.7 Å². The van der Waals surface area contributed by atoms with Gasteiger partial charge in [0.25, 0.3) is 0 Å². The summed E-state index contributed by atoms with van der Waals surface area (Å²) in [6.07, 6.45) is 1.11. The second-order valence-corrected chi connectivity index (χ2v) is 6.93. The SMILES string of the molecule is N#Cc1cccnc1OC1CN(S(=O)(=O)c2cccc(F)c2)C1. The molecule has 1 aliphatic heterocycles. The van der Waals surface area contributed by atoms with Crippen LogP contribution in [-0.2, 0) is 10.0 Å². The molecule has 0 bridgehead atoms. The molecule has 3 rings (SSSR count). The van der Waals surface area contributed by atoms with Gasteiger partial charge >= 0.3 is 0 Å². The van der Waals surface area contributed by atoms with Gasteiger partial charge in [0.2, 0.25) is 15.9 Å². The molecule has 118 valence electrons. The van der Waals surface area contributed by atoms with Crippen LogP contribution >= 0.6 is 0 Å². The predicted molar refractivity (Wildman–Crippen MR) is 78.5 cm³/mol. The third kappa shape index (κ3) is 3.02. The molecule has 0 N–H and O–H groups in total. The van der Waals surface area contributed by atoms with Crippen LogP contribution in [0.5, 0.6) is 5.88 Å². The van der Waals surface area contributed by atoms with Crippen molar-refractivity contribution in [3.63, 3.8) is 0 Å². The Morgan fingerprint density at radius 2 is 2.09 bits per heavy atom. The highest BCUT2D eigenvalue weighted by atomic mass is 32.2. The lowest BCUT2D eigenvalue weighted by molar-refractivity contribution is 0.0718. The van der Waals surface area contributed by atoms with Crippen LogP contribution in [0.2, 0.25) is 0 Å². The van der Waals surface area contributed by atoms with Gasteiger partial charge in [0, 0.05) is 6.20 Å². The van der Waals surface area contributed by atoms with Crippen LogP contribution in [0.1, 0.15) is 5.56 Å². The fraction of sp³-hybridized carbons (Fsp3) is 0.200. The molecule has 0 radical (unpaired) electrons. The number of nitrogens with zero attached hydrogens (tertiary/aromatic N) is 3. The second kappa shape index (κ2) is 5.95. The molecule has 0 unspecified atom stereocenters. The van der Waals surface area contributed by atoms with Crippen molar-refractivity contribution in [3.8, 4) is 11.9 Å². The zero-order valence-electron chi connectivity index (χ0n) is 11.9. The molecule has 2 aromatic rings. The number of nitriles is 1. The Balaban J connectivity index is 1.68. The quantitative estimate of drug-likeness (QED) is 0.847. The number of pyridine rings is 1. The van der Waals surface area contributed by atoms with Crippen molar-refractivity contribution >= 4 is 10.0 Å². The molecule has 2 heterocycles. The Morgan fingerprint density at radius 3 is 2.78 bits per heavy atom. The number of benzene rings is 1. The Kier molecular flexibility index (Phi) is 3.98. The average molecular weight is 333 g/mol. The van der Waals surface area contributed by atoms with Crippen molar-refractivity contribution in [2.45, 2.75) is 11.0 Å². The third-order valence-electron chi connectivity index (χ3n) is 3.42. The highest BCUT2D eigenvalue weighted by Crippen LogP contribution is 2.25. The molecule has 0 spiro atoms. The highest BCUT2D eigenvalue weighted by molar-refractivity contribution is 7.89. The lowest BCUT2D eigenvalue weighted by Crippen LogP contribution is -2.56. The van der Waals surface area contributed by atoms with Crippen LogP contribution in [0.3, 0.4) is 0 Å². The summed E-state index contributed by atoms with van der Waals surface area (Å²) in [4.78, 5) is 3.87. The molecule has 1 saturated heterocycles. The van der Waals surface area contributed by atoms with Gasteiger partial charge in [-0.05, 0) is 30.3 Å². The van der Waals surface area contributed by atoms with Gasteiger partial charge in [-0.2, -0.15) is 9.57 Å². The van der Waals surface area contributed by atoms with E-state index < -0.39 is 15.8 Å². The van der Waals surface area contributed by atoms with E-state index in [-0.39, 0.29) is 30.0 Å². The molecule has 0 atom stereocenters. The lowest BCUT2D eigenvalue weighted by Gasteiger charge is -2.37. The summed E-state index contributed by atoms with van der Waals surface area (Å²) in [5.41, 5.74) is 0.291. The monoisotopic (exact) mass is 333 g/mol. The van der Waals surface area contributed by atoms with Gasteiger partial charge < -0.3 is 4.74 Å². The topological polar surface area (TPSA) is 83.3 Å². The van der Waals surface area contributed by atoms with Crippen LogP contribution in [0.15, 0.2) is 47.5 Å². The number of halogens is 1. The number of hydrogen-bond donors (Lipinski definition) is 0. The van der Waals surface area contributed by atoms with Gasteiger partial charge in [-0.3, -0.25) is 0 Å². The Labute approximate surface area is 132 Å². The number of aromatic nitrogens is 1. The molecular weight excluding hydrogens is 321 g/mol. The summed E-state index contributed by atoms with van der Waals surface area (Å²) in [5.74, 6) is -0.422. The molecule has 1 aromatic heterocycles. The first-order valence-electron chi connectivity index (χ1n) is 6.78. The standard InChI is InChI=1S/C15H12FN3O3S/c16-12-4-1-5-14(7-12)23(20,21)19-9-13(10-19)22-15-11(8-17)3-2-6-18-15/h1-7,13H,9-10H2. The zero-order valence-corrected chi connectivity index (χ0v) is 12.7. The zero-order chi connectivity index (χ0) is 16.4. The smallest absolute Gasteiger partial charge is 0.243 e. The first kappa shape index (κ1) is 15.4. The van der Waals surface area contributed by atoms with E-state index in [0.717, 1.165) is 6.07 Å². The van der Waals surface area contributed by atoms with Gasteiger partial charge in [0.05, 0.1) is 18.0 Å².